The van der Waals surface area contributed by atoms with Gasteiger partial charge in [-0.25, -0.2) is 0 Å². The minimum absolute atomic E-state index is 0.150. The molecule has 0 unspecified atom stereocenters. The van der Waals surface area contributed by atoms with Gasteiger partial charge in [0.2, 0.25) is 0 Å². The topological polar surface area (TPSA) is 19.4 Å². The zero-order valence-corrected chi connectivity index (χ0v) is 13.0. The van der Waals surface area contributed by atoms with Crippen molar-refractivity contribution < 1.29 is 0 Å². The Bertz CT molecular complexity index is 432. The summed E-state index contributed by atoms with van der Waals surface area (Å²) in [5, 5.41) is 0. The van der Waals surface area contributed by atoms with Crippen molar-refractivity contribution in [1.82, 2.24) is 14.8 Å². The molecule has 2 heterocycles. The molecule has 0 atom stereocenters. The minimum atomic E-state index is 0.150. The summed E-state index contributed by atoms with van der Waals surface area (Å²) in [5.74, 6) is 0. The number of rotatable bonds is 3. The first-order valence-corrected chi connectivity index (χ1v) is 7.22. The number of nitrogens with zero attached hydrogens (tertiary/aromatic N) is 3. The maximum absolute atomic E-state index is 4.88. The van der Waals surface area contributed by atoms with E-state index in [1.165, 1.54) is 17.0 Å². The molecule has 2 rings (SSSR count). The molecule has 0 fully saturated rings. The van der Waals surface area contributed by atoms with Gasteiger partial charge < -0.3 is 4.90 Å². The summed E-state index contributed by atoms with van der Waals surface area (Å²) in [4.78, 5) is 9.65. The van der Waals surface area contributed by atoms with Crippen LogP contribution >= 0.6 is 0 Å². The fraction of sp³-hybridized carbons (Fsp3) is 0.688. The van der Waals surface area contributed by atoms with Crippen LogP contribution in [0, 0.1) is 0 Å². The van der Waals surface area contributed by atoms with E-state index in [1.807, 2.05) is 0 Å². The van der Waals surface area contributed by atoms with E-state index in [4.69, 9.17) is 4.98 Å². The van der Waals surface area contributed by atoms with Crippen LogP contribution in [0.15, 0.2) is 12.1 Å². The molecule has 0 radical (unpaired) electrons. The van der Waals surface area contributed by atoms with Crippen molar-refractivity contribution in [2.45, 2.75) is 39.2 Å². The highest BCUT2D eigenvalue weighted by molar-refractivity contribution is 5.28. The van der Waals surface area contributed by atoms with Crippen molar-refractivity contribution in [1.29, 1.82) is 0 Å². The lowest BCUT2D eigenvalue weighted by atomic mass is 9.90. The molecule has 0 amide bonds. The lowest BCUT2D eigenvalue weighted by Gasteiger charge is -2.30. The van der Waals surface area contributed by atoms with Crippen LogP contribution in [0.5, 0.6) is 0 Å². The highest BCUT2D eigenvalue weighted by Crippen LogP contribution is 2.24. The highest BCUT2D eigenvalue weighted by atomic mass is 15.2. The largest absolute Gasteiger partial charge is 0.308 e. The van der Waals surface area contributed by atoms with Crippen LogP contribution in [0.4, 0.5) is 0 Å². The van der Waals surface area contributed by atoms with Gasteiger partial charge >= 0.3 is 0 Å². The Hall–Kier alpha value is -0.930. The predicted octanol–water partition coefficient (Wildman–Crippen LogP) is 2.30. The molecule has 0 saturated heterocycles. The number of pyridine rings is 1. The molecular weight excluding hydrogens is 234 g/mol. The van der Waals surface area contributed by atoms with E-state index in [1.54, 1.807) is 0 Å². The lowest BCUT2D eigenvalue weighted by Crippen LogP contribution is -2.36. The summed E-state index contributed by atoms with van der Waals surface area (Å²) < 4.78 is 0. The van der Waals surface area contributed by atoms with Crippen LogP contribution in [0.3, 0.4) is 0 Å². The maximum atomic E-state index is 4.88. The molecule has 0 aliphatic carbocycles. The molecule has 0 aromatic carbocycles. The van der Waals surface area contributed by atoms with Gasteiger partial charge in [0.05, 0.1) is 0 Å². The molecule has 1 aromatic rings. The Morgan fingerprint density at radius 1 is 1.26 bits per heavy atom. The number of hydrogen-bond donors (Lipinski definition) is 0. The number of fused-ring (bicyclic) bond motifs is 1. The predicted molar refractivity (Wildman–Crippen MR) is 80.5 cm³/mol. The molecule has 0 N–H and O–H groups in total. The summed E-state index contributed by atoms with van der Waals surface area (Å²) in [6, 6.07) is 4.49. The van der Waals surface area contributed by atoms with E-state index in [9.17, 15) is 0 Å². The first-order chi connectivity index (χ1) is 8.86. The monoisotopic (exact) mass is 261 g/mol. The minimum Gasteiger partial charge on any atom is -0.308 e. The number of aromatic nitrogens is 1. The molecule has 19 heavy (non-hydrogen) atoms. The fourth-order valence-corrected chi connectivity index (χ4v) is 2.42. The maximum Gasteiger partial charge on any atom is 0.0464 e. The summed E-state index contributed by atoms with van der Waals surface area (Å²) in [6.07, 6.45) is 1.09. The van der Waals surface area contributed by atoms with Crippen LogP contribution in [-0.4, -0.2) is 48.5 Å². The normalized spacial score (nSPS) is 16.7. The van der Waals surface area contributed by atoms with Gasteiger partial charge in [0.25, 0.3) is 0 Å². The SMILES string of the molecule is CN(C)CCN1CCc2nc(C(C)(C)C)ccc2C1. The van der Waals surface area contributed by atoms with Crippen molar-refractivity contribution in [2.75, 3.05) is 33.7 Å². The van der Waals surface area contributed by atoms with Gasteiger partial charge in [-0.05, 0) is 25.7 Å². The van der Waals surface area contributed by atoms with E-state index < -0.39 is 0 Å². The molecule has 1 aromatic heterocycles. The lowest BCUT2D eigenvalue weighted by molar-refractivity contribution is 0.223. The van der Waals surface area contributed by atoms with Crippen LogP contribution in [0.25, 0.3) is 0 Å². The molecule has 1 aliphatic heterocycles. The summed E-state index contributed by atoms with van der Waals surface area (Å²) in [6.45, 7) is 11.2. The third-order valence-electron chi connectivity index (χ3n) is 3.76. The van der Waals surface area contributed by atoms with Crippen molar-refractivity contribution >= 4 is 0 Å². The van der Waals surface area contributed by atoms with E-state index in [2.05, 4.69) is 56.8 Å². The Balaban J connectivity index is 2.06. The number of hydrogen-bond acceptors (Lipinski definition) is 3. The second kappa shape index (κ2) is 5.59. The second-order valence-electron chi connectivity index (χ2n) is 6.88. The summed E-state index contributed by atoms with van der Waals surface area (Å²) >= 11 is 0. The zero-order valence-electron chi connectivity index (χ0n) is 13.0. The average Bonchev–Trinajstić information content (AvgIpc) is 2.34. The van der Waals surface area contributed by atoms with E-state index in [0.29, 0.717) is 0 Å². The first kappa shape index (κ1) is 14.5. The third-order valence-corrected chi connectivity index (χ3v) is 3.76. The van der Waals surface area contributed by atoms with Gasteiger partial charge in [-0.2, -0.15) is 0 Å². The van der Waals surface area contributed by atoms with Crippen LogP contribution in [-0.2, 0) is 18.4 Å². The quantitative estimate of drug-likeness (QED) is 0.832. The molecule has 3 nitrogen and oxygen atoms in total. The Labute approximate surface area is 117 Å². The summed E-state index contributed by atoms with van der Waals surface area (Å²) in [7, 11) is 4.27. The molecule has 0 saturated carbocycles. The molecule has 1 aliphatic rings. The van der Waals surface area contributed by atoms with Crippen LogP contribution < -0.4 is 0 Å². The fourth-order valence-electron chi connectivity index (χ4n) is 2.42. The van der Waals surface area contributed by atoms with Gasteiger partial charge in [0, 0.05) is 49.4 Å². The summed E-state index contributed by atoms with van der Waals surface area (Å²) in [5.41, 5.74) is 4.09. The second-order valence-corrected chi connectivity index (χ2v) is 6.88. The Morgan fingerprint density at radius 2 is 2.00 bits per heavy atom. The van der Waals surface area contributed by atoms with Crippen molar-refractivity contribution in [3.8, 4) is 0 Å². The Morgan fingerprint density at radius 3 is 2.63 bits per heavy atom. The van der Waals surface area contributed by atoms with Gasteiger partial charge in [-0.1, -0.05) is 26.8 Å². The molecule has 0 bridgehead atoms. The molecule has 0 spiro atoms. The smallest absolute Gasteiger partial charge is 0.0464 e. The van der Waals surface area contributed by atoms with E-state index >= 15 is 0 Å². The van der Waals surface area contributed by atoms with Gasteiger partial charge in [-0.15, -0.1) is 0 Å². The van der Waals surface area contributed by atoms with Gasteiger partial charge in [0.15, 0.2) is 0 Å². The highest BCUT2D eigenvalue weighted by Gasteiger charge is 2.21. The van der Waals surface area contributed by atoms with Crippen molar-refractivity contribution in [2.24, 2.45) is 0 Å². The standard InChI is InChI=1S/C16H27N3/c1-16(2,3)15-7-6-13-12-19(11-10-18(4)5)9-8-14(13)17-15/h6-7H,8-12H2,1-5H3. The third kappa shape index (κ3) is 3.77. The van der Waals surface area contributed by atoms with Crippen molar-refractivity contribution in [3.05, 3.63) is 29.1 Å². The molecule has 106 valence electrons. The van der Waals surface area contributed by atoms with E-state index in [0.717, 1.165) is 32.6 Å². The van der Waals surface area contributed by atoms with Crippen LogP contribution in [0.2, 0.25) is 0 Å². The van der Waals surface area contributed by atoms with Gasteiger partial charge in [0.1, 0.15) is 0 Å². The molecule has 3 heteroatoms. The Kier molecular flexibility index (Phi) is 4.26. The average molecular weight is 261 g/mol. The van der Waals surface area contributed by atoms with E-state index in [-0.39, 0.29) is 5.41 Å². The number of likely N-dealkylation sites (N-methyl/N-ethyl adjacent to an activating group) is 1. The van der Waals surface area contributed by atoms with Crippen molar-refractivity contribution in [3.63, 3.8) is 0 Å². The van der Waals surface area contributed by atoms with Crippen LogP contribution in [0.1, 0.15) is 37.7 Å². The molecular formula is C16H27N3. The van der Waals surface area contributed by atoms with Gasteiger partial charge in [-0.3, -0.25) is 9.88 Å². The first-order valence-electron chi connectivity index (χ1n) is 7.22. The zero-order chi connectivity index (χ0) is 14.0.